The number of nitrogens with two attached hydrogens (primary N) is 2. The molecule has 0 unspecified atom stereocenters. The molecule has 0 bridgehead atoms. The van der Waals surface area contributed by atoms with Crippen LogP contribution in [-0.2, 0) is 0 Å². The van der Waals surface area contributed by atoms with Crippen molar-refractivity contribution >= 4 is 47.5 Å². The summed E-state index contributed by atoms with van der Waals surface area (Å²) >= 11 is -1.22. The molecule has 0 aliphatic carbocycles. The average molecular weight is 311 g/mol. The zero-order valence-electron chi connectivity index (χ0n) is 10.4. The van der Waals surface area contributed by atoms with Crippen molar-refractivity contribution in [3.8, 4) is 0 Å². The van der Waals surface area contributed by atoms with Gasteiger partial charge in [0.1, 0.15) is 0 Å². The fourth-order valence-corrected chi connectivity index (χ4v) is 7.05. The molecule has 4 heteroatoms. The van der Waals surface area contributed by atoms with Crippen molar-refractivity contribution in [2.24, 2.45) is 0 Å². The fraction of sp³-hybridized carbons (Fsp3) is 0. The van der Waals surface area contributed by atoms with E-state index in [0.717, 1.165) is 25.5 Å². The summed E-state index contributed by atoms with van der Waals surface area (Å²) in [7, 11) is 0. The van der Waals surface area contributed by atoms with E-state index in [1.807, 2.05) is 24.3 Å². The molecule has 0 spiro atoms. The molecule has 0 fully saturated rings. The minimum absolute atomic E-state index is 0.0665. The molecule has 0 amide bonds. The van der Waals surface area contributed by atoms with Gasteiger partial charge in [-0.2, -0.15) is 0 Å². The minimum atomic E-state index is -1.22. The number of hydrogen-bond acceptors (Lipinski definition) is 3. The van der Waals surface area contributed by atoms with Crippen molar-refractivity contribution in [1.82, 2.24) is 0 Å². The van der Waals surface area contributed by atoms with Gasteiger partial charge in [-0.1, -0.05) is 0 Å². The average Bonchev–Trinajstić information content (AvgIpc) is 2.37. The van der Waals surface area contributed by atoms with Crippen LogP contribution in [0.15, 0.2) is 36.9 Å². The van der Waals surface area contributed by atoms with Crippen LogP contribution in [0.25, 0.3) is 6.08 Å². The molecule has 2 aromatic carbocycles. The number of hydrogen-bond donors (Lipinski definition) is 2. The van der Waals surface area contributed by atoms with Crippen molar-refractivity contribution in [2.45, 2.75) is 0 Å². The van der Waals surface area contributed by atoms with E-state index in [-0.39, 0.29) is 5.78 Å². The molecule has 3 rings (SSSR count). The summed E-state index contributed by atoms with van der Waals surface area (Å²) in [4.78, 5) is 12.6. The molecule has 19 heavy (non-hydrogen) atoms. The van der Waals surface area contributed by atoms with Crippen LogP contribution in [0.4, 0.5) is 11.4 Å². The van der Waals surface area contributed by atoms with Gasteiger partial charge < -0.3 is 0 Å². The third-order valence-corrected chi connectivity index (χ3v) is 7.47. The van der Waals surface area contributed by atoms with E-state index >= 15 is 0 Å². The van der Waals surface area contributed by atoms with E-state index in [0.29, 0.717) is 11.4 Å². The first kappa shape index (κ1) is 12.0. The van der Waals surface area contributed by atoms with E-state index in [9.17, 15) is 4.79 Å². The normalized spacial score (nSPS) is 14.0. The molecular weight excluding hydrogens is 297 g/mol. The summed E-state index contributed by atoms with van der Waals surface area (Å²) in [6, 6.07) is 9.31. The second-order valence-corrected chi connectivity index (χ2v) is 8.71. The van der Waals surface area contributed by atoms with E-state index < -0.39 is 15.4 Å². The molecule has 0 saturated heterocycles. The standard InChI is InChI=1S/C15H14GeN2O/c1-2-8-5-10(18)7-13-14(8)15(19)11-4-3-9(17)6-12(11)16-13/h2-7H,1,16-18H2. The van der Waals surface area contributed by atoms with Gasteiger partial charge in [-0.15, -0.1) is 0 Å². The number of rotatable bonds is 1. The van der Waals surface area contributed by atoms with E-state index in [1.54, 1.807) is 12.1 Å². The van der Waals surface area contributed by atoms with E-state index in [2.05, 4.69) is 6.58 Å². The molecular formula is C15H14GeN2O. The van der Waals surface area contributed by atoms with Gasteiger partial charge in [0, 0.05) is 0 Å². The molecule has 2 aromatic rings. The maximum absolute atomic E-state index is 12.6. The van der Waals surface area contributed by atoms with Crippen LogP contribution in [0.1, 0.15) is 21.5 Å². The number of fused-ring (bicyclic) bond motifs is 2. The molecule has 3 nitrogen and oxygen atoms in total. The van der Waals surface area contributed by atoms with Gasteiger partial charge in [-0.3, -0.25) is 0 Å². The number of carbonyl (C=O) groups is 1. The fourth-order valence-electron chi connectivity index (χ4n) is 2.65. The van der Waals surface area contributed by atoms with Crippen LogP contribution in [-0.4, -0.2) is 21.2 Å². The Morgan fingerprint density at radius 3 is 2.53 bits per heavy atom. The number of anilines is 2. The molecule has 1 aliphatic heterocycles. The Hall–Kier alpha value is -2.01. The van der Waals surface area contributed by atoms with Gasteiger partial charge in [-0.05, 0) is 0 Å². The SMILES string of the molecule is C=Cc1cc(N)c[c]2c1C(=O)c1ccc(N)c[c]1[GeH2]2. The second-order valence-electron chi connectivity index (χ2n) is 4.77. The summed E-state index contributed by atoms with van der Waals surface area (Å²) < 4.78 is 2.27. The summed E-state index contributed by atoms with van der Waals surface area (Å²) in [6.07, 6.45) is 1.71. The van der Waals surface area contributed by atoms with Crippen LogP contribution in [0.2, 0.25) is 0 Å². The Kier molecular flexibility index (Phi) is 2.71. The Morgan fingerprint density at radius 2 is 1.79 bits per heavy atom. The maximum atomic E-state index is 12.6. The Morgan fingerprint density at radius 1 is 1.05 bits per heavy atom. The summed E-state index contributed by atoms with van der Waals surface area (Å²) in [5, 5.41) is 0. The summed E-state index contributed by atoms with van der Waals surface area (Å²) in [5.74, 6) is 0.0665. The Labute approximate surface area is 117 Å². The summed E-state index contributed by atoms with van der Waals surface area (Å²) in [6.45, 7) is 3.78. The van der Waals surface area contributed by atoms with Gasteiger partial charge in [0.15, 0.2) is 0 Å². The topological polar surface area (TPSA) is 69.1 Å². The van der Waals surface area contributed by atoms with Crippen molar-refractivity contribution in [3.05, 3.63) is 53.6 Å². The van der Waals surface area contributed by atoms with Gasteiger partial charge in [0.2, 0.25) is 0 Å². The van der Waals surface area contributed by atoms with Crippen LogP contribution < -0.4 is 20.3 Å². The Balaban J connectivity index is 2.27. The van der Waals surface area contributed by atoms with Gasteiger partial charge in [0.25, 0.3) is 0 Å². The van der Waals surface area contributed by atoms with Crippen molar-refractivity contribution < 1.29 is 4.79 Å². The first-order valence-corrected chi connectivity index (χ1v) is 9.05. The van der Waals surface area contributed by atoms with Crippen LogP contribution >= 0.6 is 0 Å². The molecule has 1 heterocycles. The number of carbonyl (C=O) groups excluding carboxylic acids is 1. The molecule has 0 atom stereocenters. The van der Waals surface area contributed by atoms with Crippen molar-refractivity contribution in [2.75, 3.05) is 11.5 Å². The predicted molar refractivity (Wildman–Crippen MR) is 83.0 cm³/mol. The first-order valence-electron chi connectivity index (χ1n) is 6.08. The predicted octanol–water partition coefficient (Wildman–Crippen LogP) is 0.158. The zero-order valence-corrected chi connectivity index (χ0v) is 13.4. The third-order valence-electron chi connectivity index (χ3n) is 3.47. The quantitative estimate of drug-likeness (QED) is 0.497. The van der Waals surface area contributed by atoms with Gasteiger partial charge in [0.05, 0.1) is 0 Å². The molecule has 0 aromatic heterocycles. The van der Waals surface area contributed by atoms with Gasteiger partial charge >= 0.3 is 117 Å². The van der Waals surface area contributed by atoms with E-state index in [4.69, 9.17) is 11.5 Å². The third kappa shape index (κ3) is 1.86. The van der Waals surface area contributed by atoms with Crippen LogP contribution in [0.5, 0.6) is 0 Å². The molecule has 4 N–H and O–H groups in total. The zero-order chi connectivity index (χ0) is 13.6. The molecule has 0 saturated carbocycles. The number of benzene rings is 2. The van der Waals surface area contributed by atoms with Crippen molar-refractivity contribution in [3.63, 3.8) is 0 Å². The first-order chi connectivity index (χ1) is 9.10. The second kappa shape index (κ2) is 4.28. The number of nitrogen functional groups attached to an aromatic ring is 2. The van der Waals surface area contributed by atoms with Gasteiger partial charge in [-0.25, -0.2) is 0 Å². The van der Waals surface area contributed by atoms with Crippen molar-refractivity contribution in [1.29, 1.82) is 0 Å². The monoisotopic (exact) mass is 312 g/mol. The Bertz CT molecular complexity index is 722. The number of ketones is 1. The van der Waals surface area contributed by atoms with E-state index in [1.165, 1.54) is 0 Å². The molecule has 1 aliphatic rings. The van der Waals surface area contributed by atoms with Crippen LogP contribution in [0, 0.1) is 0 Å². The summed E-state index contributed by atoms with van der Waals surface area (Å²) in [5.41, 5.74) is 15.6. The van der Waals surface area contributed by atoms with Crippen LogP contribution in [0.3, 0.4) is 0 Å². The molecule has 0 radical (unpaired) electrons. The molecule has 94 valence electrons.